The zero-order valence-electron chi connectivity index (χ0n) is 26.3. The minimum Gasteiger partial charge on any atom is -0.454 e. The van der Waals surface area contributed by atoms with Crippen LogP contribution in [0.25, 0.3) is 22.2 Å². The normalized spacial score (nSPS) is 25.2. The van der Waals surface area contributed by atoms with Crippen LogP contribution in [0.3, 0.4) is 0 Å². The molecule has 9 rings (SSSR count). The number of Topliss-reactive ketones (excluding diaryl/α,β-unsaturated/α-hetero) is 1. The minimum absolute atomic E-state index is 0.0974. The van der Waals surface area contributed by atoms with E-state index in [1.54, 1.807) is 30.3 Å². The Morgan fingerprint density at radius 1 is 0.894 bits per heavy atom. The summed E-state index contributed by atoms with van der Waals surface area (Å²) in [6, 6.07) is 18.2. The fourth-order valence-electron chi connectivity index (χ4n) is 8.15. The first-order chi connectivity index (χ1) is 22.6. The van der Waals surface area contributed by atoms with Crippen LogP contribution in [0.1, 0.15) is 50.8 Å². The summed E-state index contributed by atoms with van der Waals surface area (Å²) in [5.41, 5.74) is 6.30. The van der Waals surface area contributed by atoms with E-state index in [1.165, 1.54) is 4.90 Å². The molecule has 4 aromatic rings. The number of benzene rings is 3. The zero-order valence-corrected chi connectivity index (χ0v) is 27.9. The van der Waals surface area contributed by atoms with Crippen LogP contribution in [0.5, 0.6) is 0 Å². The molecule has 3 aromatic carbocycles. The predicted octanol–water partition coefficient (Wildman–Crippen LogP) is 7.44. The van der Waals surface area contributed by atoms with Crippen molar-refractivity contribution in [3.05, 3.63) is 105 Å². The monoisotopic (exact) mass is 688 g/mol. The Hall–Kier alpha value is -4.43. The first-order valence-corrected chi connectivity index (χ1v) is 17.0. The van der Waals surface area contributed by atoms with Gasteiger partial charge in [0.15, 0.2) is 12.4 Å². The largest absolute Gasteiger partial charge is 0.454 e. The third kappa shape index (κ3) is 4.79. The molecule has 2 bridgehead atoms. The van der Waals surface area contributed by atoms with Gasteiger partial charge in [0, 0.05) is 21.0 Å². The molecule has 2 heterocycles. The third-order valence-electron chi connectivity index (χ3n) is 10.8. The number of ether oxygens (including phenoxy) is 1. The van der Waals surface area contributed by atoms with E-state index >= 15 is 0 Å². The Balaban J connectivity index is 1.10. The summed E-state index contributed by atoms with van der Waals surface area (Å²) >= 11 is 3.57. The molecule has 2 saturated carbocycles. The maximum atomic E-state index is 13.6. The van der Waals surface area contributed by atoms with Gasteiger partial charge in [0.25, 0.3) is 0 Å². The molecule has 236 valence electrons. The van der Waals surface area contributed by atoms with Crippen molar-refractivity contribution in [2.24, 2.45) is 35.5 Å². The van der Waals surface area contributed by atoms with E-state index in [0.717, 1.165) is 33.1 Å². The van der Waals surface area contributed by atoms with E-state index in [4.69, 9.17) is 9.72 Å². The van der Waals surface area contributed by atoms with Gasteiger partial charge < -0.3 is 4.74 Å². The van der Waals surface area contributed by atoms with Crippen LogP contribution in [0.4, 0.5) is 5.69 Å². The topological polar surface area (TPSA) is 93.6 Å². The number of carbonyl (C=O) groups excluding carboxylic acids is 4. The number of hydrogen-bond acceptors (Lipinski definition) is 6. The molecule has 6 unspecified atom stereocenters. The van der Waals surface area contributed by atoms with Gasteiger partial charge in [0.1, 0.15) is 0 Å². The molecule has 0 N–H and O–H groups in total. The van der Waals surface area contributed by atoms with Gasteiger partial charge in [-0.05, 0) is 103 Å². The summed E-state index contributed by atoms with van der Waals surface area (Å²) in [4.78, 5) is 60.2. The molecule has 6 atom stereocenters. The molecular weight excluding hydrogens is 656 g/mol. The molecule has 4 aliphatic carbocycles. The van der Waals surface area contributed by atoms with Gasteiger partial charge in [-0.15, -0.1) is 0 Å². The van der Waals surface area contributed by atoms with E-state index in [9.17, 15) is 19.2 Å². The van der Waals surface area contributed by atoms with Gasteiger partial charge in [0.05, 0.1) is 34.3 Å². The number of fused-ring (bicyclic) bond motifs is 1. The molecule has 3 fully saturated rings. The van der Waals surface area contributed by atoms with Crippen molar-refractivity contribution in [1.29, 1.82) is 0 Å². The Bertz CT molecular complexity index is 2030. The smallest absolute Gasteiger partial charge is 0.339 e. The lowest BCUT2D eigenvalue weighted by Gasteiger charge is -2.37. The first-order valence-electron chi connectivity index (χ1n) is 16.2. The lowest BCUT2D eigenvalue weighted by molar-refractivity contribution is -0.124. The SMILES string of the molecule is CCc1cc(Br)cc2c(C(=O)OCC(=O)c3ccc(C)c(C)c3)cc(-c3ccc(N4C(=O)C5C6C=CC(C7CC67)C5C4=O)cc3)nc12. The number of pyridine rings is 1. The molecule has 1 saturated heterocycles. The lowest BCUT2D eigenvalue weighted by atomic mass is 9.63. The summed E-state index contributed by atoms with van der Waals surface area (Å²) < 4.78 is 6.41. The summed E-state index contributed by atoms with van der Waals surface area (Å²) in [5, 5.41) is 0.623. The first kappa shape index (κ1) is 29.9. The maximum absolute atomic E-state index is 13.6. The number of amides is 2. The summed E-state index contributed by atoms with van der Waals surface area (Å²) in [6.07, 6.45) is 6.16. The van der Waals surface area contributed by atoms with Gasteiger partial charge in [0.2, 0.25) is 11.8 Å². The molecule has 7 nitrogen and oxygen atoms in total. The molecule has 47 heavy (non-hydrogen) atoms. The Morgan fingerprint density at radius 3 is 2.21 bits per heavy atom. The standard InChI is InChI=1S/C39H33BrN2O5/c1-4-21-14-24(40)15-30-31(39(46)47-18-33(43)23-6-5-19(2)20(3)13-23)17-32(41-36(21)30)22-7-9-25(10-8-22)42-37(44)34-26-11-12-27(29-16-28(26)29)35(34)38(42)45/h5-15,17,26-29,34-35H,4,16,18H2,1-3H3. The van der Waals surface area contributed by atoms with Crippen molar-refractivity contribution in [2.75, 3.05) is 11.5 Å². The minimum atomic E-state index is -0.621. The fourth-order valence-corrected chi connectivity index (χ4v) is 8.65. The molecule has 5 aliphatic rings. The number of anilines is 1. The second kappa shape index (κ2) is 11.1. The summed E-state index contributed by atoms with van der Waals surface area (Å²) in [6.45, 7) is 5.56. The van der Waals surface area contributed by atoms with Crippen molar-refractivity contribution < 1.29 is 23.9 Å². The van der Waals surface area contributed by atoms with Crippen molar-refractivity contribution in [2.45, 2.75) is 33.6 Å². The van der Waals surface area contributed by atoms with Crippen molar-refractivity contribution in [3.8, 4) is 11.3 Å². The number of carbonyl (C=O) groups is 4. The maximum Gasteiger partial charge on any atom is 0.339 e. The van der Waals surface area contributed by atoms with Crippen LogP contribution in [-0.4, -0.2) is 35.2 Å². The fraction of sp³-hybridized carbons (Fsp3) is 0.308. The van der Waals surface area contributed by atoms with Crippen LogP contribution >= 0.6 is 15.9 Å². The van der Waals surface area contributed by atoms with Gasteiger partial charge in [-0.2, -0.15) is 0 Å². The van der Waals surface area contributed by atoms with Crippen LogP contribution in [0.15, 0.2) is 77.3 Å². The number of aromatic nitrogens is 1. The second-order valence-corrected chi connectivity index (χ2v) is 14.3. The van der Waals surface area contributed by atoms with Gasteiger partial charge in [-0.1, -0.05) is 59.3 Å². The highest BCUT2D eigenvalue weighted by molar-refractivity contribution is 9.10. The predicted molar refractivity (Wildman–Crippen MR) is 182 cm³/mol. The lowest BCUT2D eigenvalue weighted by Crippen LogP contribution is -2.40. The highest BCUT2D eigenvalue weighted by atomic mass is 79.9. The Kier molecular flexibility index (Phi) is 7.06. The van der Waals surface area contributed by atoms with Crippen molar-refractivity contribution in [3.63, 3.8) is 0 Å². The van der Waals surface area contributed by atoms with E-state index in [1.807, 2.05) is 51.1 Å². The van der Waals surface area contributed by atoms with Gasteiger partial charge in [-0.3, -0.25) is 19.3 Å². The number of nitrogens with zero attached hydrogens (tertiary/aromatic N) is 2. The number of ketones is 1. The van der Waals surface area contributed by atoms with Crippen LogP contribution in [-0.2, 0) is 20.7 Å². The van der Waals surface area contributed by atoms with E-state index in [0.29, 0.717) is 51.7 Å². The highest BCUT2D eigenvalue weighted by Crippen LogP contribution is 2.65. The number of rotatable bonds is 7. The Morgan fingerprint density at radius 2 is 1.57 bits per heavy atom. The number of hydrogen-bond donors (Lipinski definition) is 0. The number of allylic oxidation sites excluding steroid dienone is 2. The molecular formula is C39H33BrN2O5. The van der Waals surface area contributed by atoms with Crippen LogP contribution in [0, 0.1) is 49.4 Å². The number of esters is 1. The quantitative estimate of drug-likeness (QED) is 0.0867. The Labute approximate surface area is 281 Å². The molecule has 8 heteroatoms. The van der Waals surface area contributed by atoms with Crippen molar-refractivity contribution >= 4 is 56.1 Å². The third-order valence-corrected chi connectivity index (χ3v) is 11.3. The average Bonchev–Trinajstić information content (AvgIpc) is 3.86. The molecule has 1 aliphatic heterocycles. The van der Waals surface area contributed by atoms with Crippen LogP contribution < -0.4 is 4.90 Å². The average molecular weight is 690 g/mol. The zero-order chi connectivity index (χ0) is 32.7. The molecule has 0 radical (unpaired) electrons. The van der Waals surface area contributed by atoms with Crippen molar-refractivity contribution in [1.82, 2.24) is 4.98 Å². The summed E-state index contributed by atoms with van der Waals surface area (Å²) in [5.74, 6) is -0.190. The number of aryl methyl sites for hydroxylation is 3. The van der Waals surface area contributed by atoms with Gasteiger partial charge in [-0.25, -0.2) is 9.78 Å². The van der Waals surface area contributed by atoms with E-state index < -0.39 is 5.97 Å². The van der Waals surface area contributed by atoms with Crippen LogP contribution in [0.2, 0.25) is 0 Å². The van der Waals surface area contributed by atoms with E-state index in [-0.39, 0.29) is 47.9 Å². The molecule has 2 amide bonds. The highest BCUT2D eigenvalue weighted by Gasteiger charge is 2.67. The molecule has 0 spiro atoms. The second-order valence-electron chi connectivity index (χ2n) is 13.4. The number of imide groups is 1. The molecule has 1 aromatic heterocycles. The summed E-state index contributed by atoms with van der Waals surface area (Å²) in [7, 11) is 0. The number of halogens is 1. The van der Waals surface area contributed by atoms with E-state index in [2.05, 4.69) is 28.1 Å². The van der Waals surface area contributed by atoms with Gasteiger partial charge >= 0.3 is 5.97 Å².